The number of anilines is 1. The van der Waals surface area contributed by atoms with Gasteiger partial charge in [0, 0.05) is 23.9 Å². The van der Waals surface area contributed by atoms with E-state index in [9.17, 15) is 4.79 Å². The first-order chi connectivity index (χ1) is 13.5. The molecule has 0 saturated carbocycles. The minimum Gasteiger partial charge on any atom is -0.493 e. The number of aryl methyl sites for hydroxylation is 1. The number of hydrogen-bond acceptors (Lipinski definition) is 4. The van der Waals surface area contributed by atoms with Gasteiger partial charge >= 0.3 is 0 Å². The molecule has 1 amide bonds. The Kier molecular flexibility index (Phi) is 6.71. The predicted molar refractivity (Wildman–Crippen MR) is 113 cm³/mol. The van der Waals surface area contributed by atoms with Crippen LogP contribution in [-0.4, -0.2) is 44.2 Å². The lowest BCUT2D eigenvalue weighted by atomic mass is 10.1. The van der Waals surface area contributed by atoms with E-state index in [1.54, 1.807) is 13.2 Å². The number of hydrogen-bond donors (Lipinski definition) is 1. The second-order valence-electron chi connectivity index (χ2n) is 7.19. The second kappa shape index (κ2) is 9.42. The lowest BCUT2D eigenvalue weighted by Crippen LogP contribution is -2.30. The van der Waals surface area contributed by atoms with Crippen molar-refractivity contribution in [3.63, 3.8) is 0 Å². The van der Waals surface area contributed by atoms with Crippen LogP contribution in [0.4, 0.5) is 5.69 Å². The summed E-state index contributed by atoms with van der Waals surface area (Å²) >= 11 is 0. The Hall–Kier alpha value is -2.79. The largest absolute Gasteiger partial charge is 0.493 e. The first-order valence-electron chi connectivity index (χ1n) is 9.62. The summed E-state index contributed by atoms with van der Waals surface area (Å²) < 4.78 is 11.4. The van der Waals surface area contributed by atoms with Crippen molar-refractivity contribution in [2.24, 2.45) is 0 Å². The van der Waals surface area contributed by atoms with Gasteiger partial charge in [0.25, 0.3) is 0 Å². The number of likely N-dealkylation sites (N-methyl/N-ethyl adjacent to an activating group) is 1. The highest BCUT2D eigenvalue weighted by atomic mass is 16.5. The Bertz CT molecular complexity index is 830. The SMILES string of the molecule is COc1ccc(NC(=O)C=Cc2ccc(C)cc2)cc1OC[C@@H]1CCCN1C. The van der Waals surface area contributed by atoms with Crippen LogP contribution < -0.4 is 14.8 Å². The predicted octanol–water partition coefficient (Wildman–Crippen LogP) is 4.13. The average Bonchev–Trinajstić information content (AvgIpc) is 3.11. The van der Waals surface area contributed by atoms with E-state index in [1.165, 1.54) is 18.1 Å². The van der Waals surface area contributed by atoms with Crippen molar-refractivity contribution in [1.82, 2.24) is 4.90 Å². The van der Waals surface area contributed by atoms with Crippen LogP contribution in [-0.2, 0) is 4.79 Å². The lowest BCUT2D eigenvalue weighted by Gasteiger charge is -2.20. The maximum Gasteiger partial charge on any atom is 0.248 e. The first-order valence-corrected chi connectivity index (χ1v) is 9.62. The number of rotatable bonds is 7. The molecule has 1 atom stereocenters. The number of likely N-dealkylation sites (tertiary alicyclic amines) is 1. The van der Waals surface area contributed by atoms with Crippen molar-refractivity contribution in [2.45, 2.75) is 25.8 Å². The van der Waals surface area contributed by atoms with Gasteiger partial charge in [0.2, 0.25) is 5.91 Å². The second-order valence-corrected chi connectivity index (χ2v) is 7.19. The summed E-state index contributed by atoms with van der Waals surface area (Å²) in [5, 5.41) is 2.88. The highest BCUT2D eigenvalue weighted by Gasteiger charge is 2.22. The molecule has 1 aliphatic rings. The fraction of sp³-hybridized carbons (Fsp3) is 0.348. The van der Waals surface area contributed by atoms with E-state index in [4.69, 9.17) is 9.47 Å². The van der Waals surface area contributed by atoms with Gasteiger partial charge < -0.3 is 19.7 Å². The molecule has 0 bridgehead atoms. The molecular weight excluding hydrogens is 352 g/mol. The number of benzene rings is 2. The maximum absolute atomic E-state index is 12.3. The third kappa shape index (κ3) is 5.36. The molecule has 1 aliphatic heterocycles. The lowest BCUT2D eigenvalue weighted by molar-refractivity contribution is -0.111. The average molecular weight is 380 g/mol. The number of nitrogens with zero attached hydrogens (tertiary/aromatic N) is 1. The normalized spacial score (nSPS) is 17.0. The van der Waals surface area contributed by atoms with Gasteiger partial charge in [-0.25, -0.2) is 0 Å². The van der Waals surface area contributed by atoms with Crippen LogP contribution in [0.3, 0.4) is 0 Å². The molecule has 2 aromatic carbocycles. The summed E-state index contributed by atoms with van der Waals surface area (Å²) in [6.45, 7) is 3.75. The molecule has 0 unspecified atom stereocenters. The van der Waals surface area contributed by atoms with Gasteiger partial charge in [0.1, 0.15) is 6.61 Å². The first kappa shape index (κ1) is 20.0. The fourth-order valence-electron chi connectivity index (χ4n) is 3.28. The van der Waals surface area contributed by atoms with Crippen LogP contribution in [0.2, 0.25) is 0 Å². The van der Waals surface area contributed by atoms with Gasteiger partial charge in [-0.05, 0) is 57.1 Å². The molecule has 28 heavy (non-hydrogen) atoms. The standard InChI is InChI=1S/C23H28N2O3/c1-17-6-8-18(9-7-17)10-13-23(26)24-19-11-12-21(27-3)22(15-19)28-16-20-5-4-14-25(20)2/h6-13,15,20H,4-5,14,16H2,1-3H3,(H,24,26)/t20-/m0/s1. The quantitative estimate of drug-likeness (QED) is 0.734. The fourth-order valence-corrected chi connectivity index (χ4v) is 3.28. The monoisotopic (exact) mass is 380 g/mol. The molecule has 1 heterocycles. The third-order valence-electron chi connectivity index (χ3n) is 5.04. The summed E-state index contributed by atoms with van der Waals surface area (Å²) in [5.41, 5.74) is 2.85. The Morgan fingerprint density at radius 3 is 2.68 bits per heavy atom. The summed E-state index contributed by atoms with van der Waals surface area (Å²) in [6.07, 6.45) is 5.67. The molecular formula is C23H28N2O3. The zero-order valence-electron chi connectivity index (χ0n) is 16.8. The van der Waals surface area contributed by atoms with E-state index in [0.29, 0.717) is 29.8 Å². The van der Waals surface area contributed by atoms with E-state index >= 15 is 0 Å². The highest BCUT2D eigenvalue weighted by molar-refractivity contribution is 6.02. The van der Waals surface area contributed by atoms with Gasteiger partial charge in [-0.3, -0.25) is 4.79 Å². The minimum absolute atomic E-state index is 0.188. The van der Waals surface area contributed by atoms with Crippen LogP contribution in [0, 0.1) is 6.92 Å². The number of amides is 1. The zero-order chi connectivity index (χ0) is 19.9. The van der Waals surface area contributed by atoms with E-state index in [-0.39, 0.29) is 5.91 Å². The van der Waals surface area contributed by atoms with Gasteiger partial charge in [0.05, 0.1) is 7.11 Å². The summed E-state index contributed by atoms with van der Waals surface area (Å²) in [4.78, 5) is 14.6. The molecule has 2 aromatic rings. The van der Waals surface area contributed by atoms with Crippen LogP contribution in [0.25, 0.3) is 6.08 Å². The van der Waals surface area contributed by atoms with Crippen LogP contribution in [0.15, 0.2) is 48.5 Å². The molecule has 1 saturated heterocycles. The summed E-state index contributed by atoms with van der Waals surface area (Å²) in [6, 6.07) is 13.9. The molecule has 1 N–H and O–H groups in total. The van der Waals surface area contributed by atoms with Crippen molar-refractivity contribution >= 4 is 17.7 Å². The molecule has 5 heteroatoms. The van der Waals surface area contributed by atoms with Crippen molar-refractivity contribution < 1.29 is 14.3 Å². The van der Waals surface area contributed by atoms with Crippen molar-refractivity contribution in [3.05, 3.63) is 59.7 Å². The van der Waals surface area contributed by atoms with E-state index in [0.717, 1.165) is 18.5 Å². The number of carbonyl (C=O) groups is 1. The molecule has 0 spiro atoms. The van der Waals surface area contributed by atoms with Crippen LogP contribution in [0.5, 0.6) is 11.5 Å². The number of ether oxygens (including phenoxy) is 2. The van der Waals surface area contributed by atoms with Gasteiger partial charge in [-0.1, -0.05) is 29.8 Å². The minimum atomic E-state index is -0.188. The topological polar surface area (TPSA) is 50.8 Å². The highest BCUT2D eigenvalue weighted by Crippen LogP contribution is 2.31. The molecule has 148 valence electrons. The Morgan fingerprint density at radius 2 is 2.00 bits per heavy atom. The van der Waals surface area contributed by atoms with E-state index in [1.807, 2.05) is 49.4 Å². The summed E-state index contributed by atoms with van der Waals surface area (Å²) in [7, 11) is 3.74. The maximum atomic E-state index is 12.3. The van der Waals surface area contributed by atoms with Crippen LogP contribution in [0.1, 0.15) is 24.0 Å². The molecule has 0 aromatic heterocycles. The van der Waals surface area contributed by atoms with Gasteiger partial charge in [-0.15, -0.1) is 0 Å². The Labute approximate surface area is 167 Å². The molecule has 3 rings (SSSR count). The third-order valence-corrected chi connectivity index (χ3v) is 5.04. The summed E-state index contributed by atoms with van der Waals surface area (Å²) in [5.74, 6) is 1.11. The van der Waals surface area contributed by atoms with E-state index in [2.05, 4.69) is 17.3 Å². The Balaban J connectivity index is 1.63. The number of carbonyl (C=O) groups excluding carboxylic acids is 1. The number of methoxy groups -OCH3 is 1. The zero-order valence-corrected chi connectivity index (χ0v) is 16.8. The Morgan fingerprint density at radius 1 is 1.21 bits per heavy atom. The van der Waals surface area contributed by atoms with Gasteiger partial charge in [-0.2, -0.15) is 0 Å². The van der Waals surface area contributed by atoms with Crippen molar-refractivity contribution in [3.8, 4) is 11.5 Å². The molecule has 0 aliphatic carbocycles. The molecule has 1 fully saturated rings. The smallest absolute Gasteiger partial charge is 0.248 e. The molecule has 0 radical (unpaired) electrons. The van der Waals surface area contributed by atoms with Crippen molar-refractivity contribution in [1.29, 1.82) is 0 Å². The molecule has 5 nitrogen and oxygen atoms in total. The van der Waals surface area contributed by atoms with Crippen molar-refractivity contribution in [2.75, 3.05) is 32.6 Å². The van der Waals surface area contributed by atoms with Crippen LogP contribution >= 0.6 is 0 Å². The number of nitrogens with one attached hydrogen (secondary N) is 1. The van der Waals surface area contributed by atoms with E-state index < -0.39 is 0 Å². The van der Waals surface area contributed by atoms with Gasteiger partial charge in [0.15, 0.2) is 11.5 Å².